The Bertz CT molecular complexity index is 1100. The number of benzene rings is 2. The van der Waals surface area contributed by atoms with Crippen molar-refractivity contribution in [2.24, 2.45) is 0 Å². The van der Waals surface area contributed by atoms with Gasteiger partial charge in [-0.15, -0.1) is 10.2 Å². The Balaban J connectivity index is 1.48. The van der Waals surface area contributed by atoms with Crippen LogP contribution in [0.1, 0.15) is 18.4 Å². The zero-order valence-electron chi connectivity index (χ0n) is 18.0. The van der Waals surface area contributed by atoms with Gasteiger partial charge in [-0.05, 0) is 49.2 Å². The molecule has 0 saturated carbocycles. The van der Waals surface area contributed by atoms with Gasteiger partial charge in [0.2, 0.25) is 5.91 Å². The second-order valence-electron chi connectivity index (χ2n) is 7.80. The Hall–Kier alpha value is -2.49. The van der Waals surface area contributed by atoms with Crippen molar-refractivity contribution in [2.45, 2.75) is 37.2 Å². The van der Waals surface area contributed by atoms with Crippen molar-refractivity contribution in [1.82, 2.24) is 19.7 Å². The van der Waals surface area contributed by atoms with E-state index in [9.17, 15) is 13.6 Å². The van der Waals surface area contributed by atoms with Crippen LogP contribution < -0.4 is 0 Å². The molecule has 174 valence electrons. The van der Waals surface area contributed by atoms with Crippen LogP contribution in [-0.4, -0.2) is 51.1 Å². The van der Waals surface area contributed by atoms with Crippen LogP contribution in [0.2, 0.25) is 5.02 Å². The summed E-state index contributed by atoms with van der Waals surface area (Å²) >= 11 is 7.33. The van der Waals surface area contributed by atoms with Gasteiger partial charge < -0.3 is 9.64 Å². The predicted octanol–water partition coefficient (Wildman–Crippen LogP) is 4.81. The zero-order valence-corrected chi connectivity index (χ0v) is 19.6. The Morgan fingerprint density at radius 1 is 1.24 bits per heavy atom. The van der Waals surface area contributed by atoms with Crippen LogP contribution >= 0.6 is 23.4 Å². The largest absolute Gasteiger partial charge is 0.376 e. The van der Waals surface area contributed by atoms with Crippen molar-refractivity contribution in [2.75, 3.05) is 19.4 Å². The van der Waals surface area contributed by atoms with Gasteiger partial charge in [-0.2, -0.15) is 0 Å². The van der Waals surface area contributed by atoms with Gasteiger partial charge in [0, 0.05) is 36.3 Å². The minimum absolute atomic E-state index is 0.0288. The highest BCUT2D eigenvalue weighted by Gasteiger charge is 2.23. The maximum atomic E-state index is 14.1. The third-order valence-electron chi connectivity index (χ3n) is 5.44. The minimum Gasteiger partial charge on any atom is -0.376 e. The van der Waals surface area contributed by atoms with Crippen LogP contribution in [0, 0.1) is 11.6 Å². The zero-order chi connectivity index (χ0) is 23.4. The lowest BCUT2D eigenvalue weighted by Gasteiger charge is -2.19. The number of carbonyl (C=O) groups excluding carboxylic acids is 1. The molecule has 1 amide bonds. The summed E-state index contributed by atoms with van der Waals surface area (Å²) in [5.74, 6) is -0.297. The average Bonchev–Trinajstić information content (AvgIpc) is 3.46. The van der Waals surface area contributed by atoms with Crippen LogP contribution in [0.3, 0.4) is 0 Å². The second-order valence-corrected chi connectivity index (χ2v) is 9.15. The number of ether oxygens (including phenoxy) is 1. The van der Waals surface area contributed by atoms with E-state index in [1.54, 1.807) is 25.2 Å². The summed E-state index contributed by atoms with van der Waals surface area (Å²) in [6, 6.07) is 10.5. The fraction of sp³-hybridized carbons (Fsp3) is 0.348. The smallest absolute Gasteiger partial charge is 0.233 e. The van der Waals surface area contributed by atoms with Crippen molar-refractivity contribution >= 4 is 29.3 Å². The van der Waals surface area contributed by atoms with Gasteiger partial charge in [-0.3, -0.25) is 9.36 Å². The molecule has 1 aliphatic rings. The van der Waals surface area contributed by atoms with E-state index in [-0.39, 0.29) is 40.7 Å². The lowest BCUT2D eigenvalue weighted by Crippen LogP contribution is -2.28. The highest BCUT2D eigenvalue weighted by molar-refractivity contribution is 7.99. The van der Waals surface area contributed by atoms with Gasteiger partial charge in [0.1, 0.15) is 11.6 Å². The topological polar surface area (TPSA) is 60.2 Å². The number of halogens is 3. The van der Waals surface area contributed by atoms with Gasteiger partial charge in [0.15, 0.2) is 11.0 Å². The fourth-order valence-electron chi connectivity index (χ4n) is 3.61. The first-order valence-corrected chi connectivity index (χ1v) is 11.9. The standard InChI is InChI=1S/C23H23ClF2N4O2S/c1-29(13-18-19(24)5-2-6-20(18)26)21(31)14-33-23-28-27-22(15-7-9-16(25)10-8-15)30(23)12-17-4-3-11-32-17/h2,5-10,17H,3-4,11-14H2,1H3. The van der Waals surface area contributed by atoms with Crippen LogP contribution in [0.4, 0.5) is 8.78 Å². The first-order chi connectivity index (χ1) is 15.9. The van der Waals surface area contributed by atoms with E-state index >= 15 is 0 Å². The summed E-state index contributed by atoms with van der Waals surface area (Å²) < 4.78 is 35.1. The molecule has 1 aliphatic heterocycles. The van der Waals surface area contributed by atoms with Crippen molar-refractivity contribution < 1.29 is 18.3 Å². The molecule has 33 heavy (non-hydrogen) atoms. The Morgan fingerprint density at radius 2 is 2.03 bits per heavy atom. The maximum Gasteiger partial charge on any atom is 0.233 e. The molecular weight excluding hydrogens is 470 g/mol. The molecule has 0 radical (unpaired) electrons. The number of amides is 1. The number of hydrogen-bond donors (Lipinski definition) is 0. The van der Waals surface area contributed by atoms with Gasteiger partial charge >= 0.3 is 0 Å². The minimum atomic E-state index is -0.449. The number of thioether (sulfide) groups is 1. The third kappa shape index (κ3) is 5.72. The Labute approximate surface area is 199 Å². The van der Waals surface area contributed by atoms with Crippen molar-refractivity contribution in [3.05, 3.63) is 64.7 Å². The lowest BCUT2D eigenvalue weighted by molar-refractivity contribution is -0.127. The molecular formula is C23H23ClF2N4O2S. The van der Waals surface area contributed by atoms with Gasteiger partial charge in [0.05, 0.1) is 18.4 Å². The van der Waals surface area contributed by atoms with Crippen LogP contribution in [0.25, 0.3) is 11.4 Å². The fourth-order valence-corrected chi connectivity index (χ4v) is 4.72. The molecule has 1 fully saturated rings. The molecule has 1 atom stereocenters. The number of rotatable bonds is 8. The van der Waals surface area contributed by atoms with E-state index in [2.05, 4.69) is 10.2 Å². The summed E-state index contributed by atoms with van der Waals surface area (Å²) in [5, 5.41) is 9.41. The number of hydrogen-bond acceptors (Lipinski definition) is 5. The molecule has 2 heterocycles. The summed E-state index contributed by atoms with van der Waals surface area (Å²) in [4.78, 5) is 14.2. The van der Waals surface area contributed by atoms with Gasteiger partial charge in [0.25, 0.3) is 0 Å². The highest BCUT2D eigenvalue weighted by Crippen LogP contribution is 2.27. The molecule has 10 heteroatoms. The molecule has 1 saturated heterocycles. The van der Waals surface area contributed by atoms with Gasteiger partial charge in [-0.25, -0.2) is 8.78 Å². The average molecular weight is 493 g/mol. The lowest BCUT2D eigenvalue weighted by atomic mass is 10.2. The van der Waals surface area contributed by atoms with Crippen LogP contribution in [-0.2, 0) is 22.6 Å². The highest BCUT2D eigenvalue weighted by atomic mass is 35.5. The molecule has 0 aliphatic carbocycles. The molecule has 6 nitrogen and oxygen atoms in total. The molecule has 1 aromatic heterocycles. The van der Waals surface area contributed by atoms with E-state index in [4.69, 9.17) is 16.3 Å². The van der Waals surface area contributed by atoms with Crippen LogP contribution in [0.5, 0.6) is 0 Å². The van der Waals surface area contributed by atoms with E-state index in [0.717, 1.165) is 18.4 Å². The third-order valence-corrected chi connectivity index (χ3v) is 6.74. The summed E-state index contributed by atoms with van der Waals surface area (Å²) in [7, 11) is 1.60. The van der Waals surface area contributed by atoms with Crippen molar-refractivity contribution in [3.63, 3.8) is 0 Å². The second kappa shape index (κ2) is 10.6. The molecule has 2 aromatic carbocycles. The first kappa shape index (κ1) is 23.7. The summed E-state index contributed by atoms with van der Waals surface area (Å²) in [5.41, 5.74) is 1.01. The van der Waals surface area contributed by atoms with E-state index in [1.165, 1.54) is 40.9 Å². The molecule has 3 aromatic rings. The van der Waals surface area contributed by atoms with Crippen LogP contribution in [0.15, 0.2) is 47.6 Å². The Kier molecular flexibility index (Phi) is 7.62. The predicted molar refractivity (Wildman–Crippen MR) is 123 cm³/mol. The number of aromatic nitrogens is 3. The molecule has 0 spiro atoms. The SMILES string of the molecule is CN(Cc1c(F)cccc1Cl)C(=O)CSc1nnc(-c2ccc(F)cc2)n1CC1CCCO1. The number of carbonyl (C=O) groups is 1. The molecule has 0 bridgehead atoms. The monoisotopic (exact) mass is 492 g/mol. The van der Waals surface area contributed by atoms with Crippen molar-refractivity contribution in [1.29, 1.82) is 0 Å². The van der Waals surface area contributed by atoms with Crippen molar-refractivity contribution in [3.8, 4) is 11.4 Å². The van der Waals surface area contributed by atoms with E-state index in [0.29, 0.717) is 24.1 Å². The molecule has 0 N–H and O–H groups in total. The first-order valence-electron chi connectivity index (χ1n) is 10.5. The summed E-state index contributed by atoms with van der Waals surface area (Å²) in [6.07, 6.45) is 1.94. The molecule has 1 unspecified atom stereocenters. The van der Waals surface area contributed by atoms with E-state index in [1.807, 2.05) is 4.57 Å². The molecule has 4 rings (SSSR count). The van der Waals surface area contributed by atoms with Gasteiger partial charge in [-0.1, -0.05) is 29.4 Å². The normalized spacial score (nSPS) is 15.7. The van der Waals surface area contributed by atoms with E-state index < -0.39 is 5.82 Å². The summed E-state index contributed by atoms with van der Waals surface area (Å²) in [6.45, 7) is 1.31. The maximum absolute atomic E-state index is 14.1. The Morgan fingerprint density at radius 3 is 2.73 bits per heavy atom. The number of nitrogens with zero attached hydrogens (tertiary/aromatic N) is 4. The quantitative estimate of drug-likeness (QED) is 0.422.